The second-order valence-electron chi connectivity index (χ2n) is 4.56. The second-order valence-corrected chi connectivity index (χ2v) is 4.56. The molecular weight excluding hydrogens is 176 g/mol. The normalized spacial score (nSPS) is 14.4. The topological polar surface area (TPSA) is 56.7 Å². The zero-order valence-electron chi connectivity index (χ0n) is 9.49. The van der Waals surface area contributed by atoms with Crippen molar-refractivity contribution < 1.29 is 0 Å². The first kappa shape index (κ1) is 11.2. The Morgan fingerprint density at radius 1 is 1.57 bits per heavy atom. The van der Waals surface area contributed by atoms with Crippen LogP contribution in [0.4, 0.5) is 0 Å². The van der Waals surface area contributed by atoms with Crippen molar-refractivity contribution in [3.05, 3.63) is 11.9 Å². The van der Waals surface area contributed by atoms with Crippen molar-refractivity contribution in [3.8, 4) is 0 Å². The highest BCUT2D eigenvalue weighted by Crippen LogP contribution is 2.13. The van der Waals surface area contributed by atoms with Crippen LogP contribution in [0.15, 0.2) is 6.20 Å². The molecule has 1 atom stereocenters. The van der Waals surface area contributed by atoms with Crippen LogP contribution < -0.4 is 5.73 Å². The Hall–Kier alpha value is -0.900. The Kier molecular flexibility index (Phi) is 3.26. The van der Waals surface area contributed by atoms with E-state index in [4.69, 9.17) is 5.73 Å². The molecule has 14 heavy (non-hydrogen) atoms. The van der Waals surface area contributed by atoms with Gasteiger partial charge < -0.3 is 5.73 Å². The number of rotatable bonds is 4. The van der Waals surface area contributed by atoms with Crippen LogP contribution in [-0.2, 0) is 12.1 Å². The van der Waals surface area contributed by atoms with Gasteiger partial charge in [0.1, 0.15) is 5.69 Å². The highest BCUT2D eigenvalue weighted by atomic mass is 15.4. The highest BCUT2D eigenvalue weighted by Gasteiger charge is 2.18. The van der Waals surface area contributed by atoms with Gasteiger partial charge in [-0.05, 0) is 19.8 Å². The van der Waals surface area contributed by atoms with Gasteiger partial charge in [-0.15, -0.1) is 5.10 Å². The lowest BCUT2D eigenvalue weighted by Gasteiger charge is -2.13. The summed E-state index contributed by atoms with van der Waals surface area (Å²) in [6.45, 7) is 9.17. The van der Waals surface area contributed by atoms with Crippen LogP contribution in [0, 0.1) is 5.92 Å². The van der Waals surface area contributed by atoms with Crippen molar-refractivity contribution in [1.82, 2.24) is 15.0 Å². The number of nitrogens with two attached hydrogens (primary N) is 1. The molecular formula is C10H20N4. The maximum atomic E-state index is 5.92. The van der Waals surface area contributed by atoms with Gasteiger partial charge in [-0.2, -0.15) is 0 Å². The number of nitrogens with zero attached hydrogens (tertiary/aromatic N) is 3. The van der Waals surface area contributed by atoms with Gasteiger partial charge in [-0.1, -0.05) is 25.5 Å². The fourth-order valence-corrected chi connectivity index (χ4v) is 1.13. The summed E-state index contributed by atoms with van der Waals surface area (Å²) in [6.07, 6.45) is 3.09. The Morgan fingerprint density at radius 3 is 2.64 bits per heavy atom. The summed E-state index contributed by atoms with van der Waals surface area (Å²) < 4.78 is 1.87. The molecule has 0 aromatic carbocycles. The van der Waals surface area contributed by atoms with Gasteiger partial charge in [0.2, 0.25) is 0 Å². The summed E-state index contributed by atoms with van der Waals surface area (Å²) in [4.78, 5) is 0. The summed E-state index contributed by atoms with van der Waals surface area (Å²) in [5.74, 6) is 0.630. The standard InChI is InChI=1S/C10H20N4/c1-5-8(2)6-14-7-9(12-13-14)10(3,4)11/h7-8H,5-6,11H2,1-4H3. The predicted molar refractivity (Wildman–Crippen MR) is 56.7 cm³/mol. The molecule has 4 nitrogen and oxygen atoms in total. The molecule has 80 valence electrons. The van der Waals surface area contributed by atoms with E-state index >= 15 is 0 Å². The van der Waals surface area contributed by atoms with E-state index in [1.54, 1.807) is 0 Å². The molecule has 2 N–H and O–H groups in total. The Bertz CT molecular complexity index is 285. The smallest absolute Gasteiger partial charge is 0.102 e. The van der Waals surface area contributed by atoms with Crippen molar-refractivity contribution in [2.45, 2.75) is 46.2 Å². The predicted octanol–water partition coefficient (Wildman–Crippen LogP) is 1.52. The summed E-state index contributed by atoms with van der Waals surface area (Å²) in [5.41, 5.74) is 6.37. The minimum absolute atomic E-state index is 0.395. The van der Waals surface area contributed by atoms with E-state index in [1.807, 2.05) is 24.7 Å². The van der Waals surface area contributed by atoms with Gasteiger partial charge >= 0.3 is 0 Å². The van der Waals surface area contributed by atoms with E-state index in [0.29, 0.717) is 5.92 Å². The van der Waals surface area contributed by atoms with E-state index in [2.05, 4.69) is 24.2 Å². The number of hydrogen-bond acceptors (Lipinski definition) is 3. The average molecular weight is 196 g/mol. The van der Waals surface area contributed by atoms with Crippen LogP contribution in [0.3, 0.4) is 0 Å². The molecule has 0 aliphatic rings. The van der Waals surface area contributed by atoms with Gasteiger partial charge in [0, 0.05) is 6.54 Å². The summed E-state index contributed by atoms with van der Waals surface area (Å²) >= 11 is 0. The maximum Gasteiger partial charge on any atom is 0.102 e. The lowest BCUT2D eigenvalue weighted by molar-refractivity contribution is 0.431. The SMILES string of the molecule is CCC(C)Cn1cc(C(C)(C)N)nn1. The highest BCUT2D eigenvalue weighted by molar-refractivity contribution is 5.05. The number of hydrogen-bond donors (Lipinski definition) is 1. The van der Waals surface area contributed by atoms with Gasteiger partial charge in [-0.3, -0.25) is 4.68 Å². The molecule has 0 fully saturated rings. The number of aromatic nitrogens is 3. The molecule has 0 bridgehead atoms. The maximum absolute atomic E-state index is 5.92. The zero-order valence-corrected chi connectivity index (χ0v) is 9.49. The van der Waals surface area contributed by atoms with E-state index in [-0.39, 0.29) is 0 Å². The monoisotopic (exact) mass is 196 g/mol. The third kappa shape index (κ3) is 2.80. The third-order valence-corrected chi connectivity index (χ3v) is 2.39. The minimum atomic E-state index is -0.395. The molecule has 1 aromatic rings. The molecule has 0 spiro atoms. The van der Waals surface area contributed by atoms with Gasteiger partial charge in [0.15, 0.2) is 0 Å². The van der Waals surface area contributed by atoms with E-state index in [0.717, 1.165) is 18.7 Å². The fraction of sp³-hybridized carbons (Fsp3) is 0.800. The molecule has 0 saturated carbocycles. The van der Waals surface area contributed by atoms with Gasteiger partial charge in [0.05, 0.1) is 11.7 Å². The third-order valence-electron chi connectivity index (χ3n) is 2.39. The summed E-state index contributed by atoms with van der Waals surface area (Å²) in [6, 6.07) is 0. The fourth-order valence-electron chi connectivity index (χ4n) is 1.13. The van der Waals surface area contributed by atoms with Crippen molar-refractivity contribution in [2.24, 2.45) is 11.7 Å². The molecule has 0 aliphatic heterocycles. The van der Waals surface area contributed by atoms with Crippen molar-refractivity contribution in [1.29, 1.82) is 0 Å². The van der Waals surface area contributed by atoms with Crippen LogP contribution in [0.5, 0.6) is 0 Å². The zero-order chi connectivity index (χ0) is 10.8. The Balaban J connectivity index is 2.69. The quantitative estimate of drug-likeness (QED) is 0.794. The summed E-state index contributed by atoms with van der Waals surface area (Å²) in [7, 11) is 0. The Morgan fingerprint density at radius 2 is 2.21 bits per heavy atom. The average Bonchev–Trinajstić information content (AvgIpc) is 2.51. The first-order chi connectivity index (χ1) is 6.43. The van der Waals surface area contributed by atoms with Gasteiger partial charge in [0.25, 0.3) is 0 Å². The van der Waals surface area contributed by atoms with E-state index < -0.39 is 5.54 Å². The van der Waals surface area contributed by atoms with Crippen LogP contribution >= 0.6 is 0 Å². The lowest BCUT2D eigenvalue weighted by Crippen LogP contribution is -2.29. The van der Waals surface area contributed by atoms with Crippen molar-refractivity contribution in [3.63, 3.8) is 0 Å². The molecule has 1 aromatic heterocycles. The molecule has 1 rings (SSSR count). The minimum Gasteiger partial charge on any atom is -0.320 e. The lowest BCUT2D eigenvalue weighted by atomic mass is 10.0. The molecule has 0 amide bonds. The molecule has 1 heterocycles. The molecule has 1 unspecified atom stereocenters. The van der Waals surface area contributed by atoms with Crippen molar-refractivity contribution >= 4 is 0 Å². The molecule has 0 saturated heterocycles. The van der Waals surface area contributed by atoms with Crippen LogP contribution in [-0.4, -0.2) is 15.0 Å². The molecule has 0 radical (unpaired) electrons. The van der Waals surface area contributed by atoms with Crippen LogP contribution in [0.2, 0.25) is 0 Å². The molecule has 4 heteroatoms. The van der Waals surface area contributed by atoms with E-state index in [9.17, 15) is 0 Å². The Labute approximate surface area is 85.5 Å². The largest absolute Gasteiger partial charge is 0.320 e. The van der Waals surface area contributed by atoms with Gasteiger partial charge in [-0.25, -0.2) is 0 Å². The first-order valence-corrected chi connectivity index (χ1v) is 5.13. The van der Waals surface area contributed by atoms with Crippen molar-refractivity contribution in [2.75, 3.05) is 0 Å². The van der Waals surface area contributed by atoms with Crippen LogP contribution in [0.25, 0.3) is 0 Å². The summed E-state index contributed by atoms with van der Waals surface area (Å²) in [5, 5.41) is 8.12. The van der Waals surface area contributed by atoms with Crippen LogP contribution in [0.1, 0.15) is 39.8 Å². The van der Waals surface area contributed by atoms with E-state index in [1.165, 1.54) is 0 Å². The molecule has 0 aliphatic carbocycles. The first-order valence-electron chi connectivity index (χ1n) is 5.13. The second kappa shape index (κ2) is 4.09.